The Bertz CT molecular complexity index is 146. The normalized spacial score (nSPS) is 55.3. The van der Waals surface area contributed by atoms with Crippen LogP contribution in [-0.2, 0) is 0 Å². The lowest BCUT2D eigenvalue weighted by Crippen LogP contribution is -2.23. The number of nitrogens with one attached hydrogen (secondary N) is 1. The van der Waals surface area contributed by atoms with E-state index in [1.807, 2.05) is 0 Å². The molecular weight excluding hydrogens is 180 g/mol. The summed E-state index contributed by atoms with van der Waals surface area (Å²) in [7, 11) is 0. The third-order valence-electron chi connectivity index (χ3n) is 2.70. The molecule has 1 aliphatic heterocycles. The lowest BCUT2D eigenvalue weighted by Gasteiger charge is -2.06. The number of piperidine rings is 1. The second-order valence-electron chi connectivity index (χ2n) is 3.23. The monoisotopic (exact) mass is 190 g/mol. The molecule has 2 unspecified atom stereocenters. The van der Waals surface area contributed by atoms with Gasteiger partial charge in [0.15, 0.2) is 0 Å². The molecule has 0 amide bonds. The molecule has 0 aromatic rings. The van der Waals surface area contributed by atoms with Crippen LogP contribution < -0.4 is 11.1 Å². The van der Waals surface area contributed by atoms with E-state index in [0.29, 0.717) is 9.74 Å². The summed E-state index contributed by atoms with van der Waals surface area (Å²) in [5.74, 6) is 0. The average Bonchev–Trinajstić information content (AvgIpc) is 2.29. The van der Waals surface area contributed by atoms with Gasteiger partial charge in [-0.2, -0.15) is 0 Å². The van der Waals surface area contributed by atoms with Crippen LogP contribution in [0.1, 0.15) is 6.42 Å². The molecule has 1 saturated heterocycles. The summed E-state index contributed by atoms with van der Waals surface area (Å²) < 4.78 is 0.384. The SMILES string of the molecule is NCC12CNCC1(Br)C2. The number of hydrogen-bond donors (Lipinski definition) is 2. The van der Waals surface area contributed by atoms with Crippen molar-refractivity contribution in [2.75, 3.05) is 19.6 Å². The predicted octanol–water partition coefficient (Wildman–Crippen LogP) is 0.0721. The first kappa shape index (κ1) is 6.13. The number of fused-ring (bicyclic) bond motifs is 1. The fraction of sp³-hybridized carbons (Fsp3) is 1.00. The topological polar surface area (TPSA) is 38.0 Å². The van der Waals surface area contributed by atoms with Crippen molar-refractivity contribution in [1.82, 2.24) is 5.32 Å². The molecule has 2 nitrogen and oxygen atoms in total. The molecule has 2 atom stereocenters. The molecule has 0 bridgehead atoms. The molecule has 9 heavy (non-hydrogen) atoms. The van der Waals surface area contributed by atoms with E-state index in [9.17, 15) is 0 Å². The quantitative estimate of drug-likeness (QED) is 0.575. The first-order valence-electron chi connectivity index (χ1n) is 3.32. The van der Waals surface area contributed by atoms with Crippen LogP contribution in [-0.4, -0.2) is 24.0 Å². The maximum absolute atomic E-state index is 5.62. The van der Waals surface area contributed by atoms with Crippen LogP contribution in [0.25, 0.3) is 0 Å². The number of alkyl halides is 1. The van der Waals surface area contributed by atoms with Gasteiger partial charge < -0.3 is 11.1 Å². The van der Waals surface area contributed by atoms with Gasteiger partial charge in [-0.25, -0.2) is 0 Å². The first-order valence-corrected chi connectivity index (χ1v) is 4.12. The minimum absolute atomic E-state index is 0.384. The van der Waals surface area contributed by atoms with E-state index in [0.717, 1.165) is 19.6 Å². The average molecular weight is 191 g/mol. The minimum atomic E-state index is 0.384. The van der Waals surface area contributed by atoms with Gasteiger partial charge >= 0.3 is 0 Å². The molecule has 0 spiro atoms. The number of rotatable bonds is 1. The van der Waals surface area contributed by atoms with Crippen molar-refractivity contribution >= 4 is 15.9 Å². The molecule has 0 radical (unpaired) electrons. The van der Waals surface area contributed by atoms with Gasteiger partial charge in [-0.15, -0.1) is 0 Å². The van der Waals surface area contributed by atoms with E-state index in [2.05, 4.69) is 21.2 Å². The maximum atomic E-state index is 5.62. The molecule has 1 aliphatic carbocycles. The number of halogens is 1. The Morgan fingerprint density at radius 3 is 2.56 bits per heavy atom. The van der Waals surface area contributed by atoms with E-state index in [1.165, 1.54) is 6.42 Å². The van der Waals surface area contributed by atoms with Gasteiger partial charge in [0.05, 0.1) is 0 Å². The number of hydrogen-bond acceptors (Lipinski definition) is 2. The van der Waals surface area contributed by atoms with E-state index in [4.69, 9.17) is 5.73 Å². The van der Waals surface area contributed by atoms with Gasteiger partial charge in [0.2, 0.25) is 0 Å². The molecule has 52 valence electrons. The van der Waals surface area contributed by atoms with Crippen molar-refractivity contribution < 1.29 is 0 Å². The molecule has 0 aromatic heterocycles. The fourth-order valence-corrected chi connectivity index (χ4v) is 2.83. The van der Waals surface area contributed by atoms with E-state index >= 15 is 0 Å². The Hall–Kier alpha value is 0.400. The third kappa shape index (κ3) is 0.578. The highest BCUT2D eigenvalue weighted by molar-refractivity contribution is 9.10. The first-order chi connectivity index (χ1) is 4.22. The molecule has 2 rings (SSSR count). The van der Waals surface area contributed by atoms with Crippen LogP contribution in [0.3, 0.4) is 0 Å². The van der Waals surface area contributed by atoms with Crippen LogP contribution in [0.2, 0.25) is 0 Å². The van der Waals surface area contributed by atoms with Crippen molar-refractivity contribution in [2.24, 2.45) is 11.1 Å². The summed E-state index contributed by atoms with van der Waals surface area (Å²) in [6.45, 7) is 3.03. The van der Waals surface area contributed by atoms with Gasteiger partial charge in [0, 0.05) is 29.4 Å². The van der Waals surface area contributed by atoms with Crippen molar-refractivity contribution in [1.29, 1.82) is 0 Å². The van der Waals surface area contributed by atoms with Gasteiger partial charge in [0.1, 0.15) is 0 Å². The lowest BCUT2D eigenvalue weighted by molar-refractivity contribution is 0.535. The Morgan fingerprint density at radius 2 is 2.33 bits per heavy atom. The van der Waals surface area contributed by atoms with Gasteiger partial charge in [0.25, 0.3) is 0 Å². The molecule has 3 N–H and O–H groups in total. The zero-order valence-corrected chi connectivity index (χ0v) is 6.87. The van der Waals surface area contributed by atoms with Crippen LogP contribution in [0.5, 0.6) is 0 Å². The van der Waals surface area contributed by atoms with Crippen LogP contribution in [0.4, 0.5) is 0 Å². The predicted molar refractivity (Wildman–Crippen MR) is 40.6 cm³/mol. The van der Waals surface area contributed by atoms with Gasteiger partial charge in [-0.3, -0.25) is 0 Å². The summed E-state index contributed by atoms with van der Waals surface area (Å²) in [5.41, 5.74) is 6.05. The highest BCUT2D eigenvalue weighted by atomic mass is 79.9. The van der Waals surface area contributed by atoms with Crippen LogP contribution in [0, 0.1) is 5.41 Å². The molecule has 1 saturated carbocycles. The molecule has 2 aliphatic rings. The molecular formula is C6H11BrN2. The second kappa shape index (κ2) is 1.52. The van der Waals surface area contributed by atoms with Crippen molar-refractivity contribution in [3.63, 3.8) is 0 Å². The Morgan fingerprint density at radius 1 is 1.56 bits per heavy atom. The molecule has 2 fully saturated rings. The standard InChI is InChI=1S/C6H11BrN2/c7-6-1-5(6,2-8)3-9-4-6/h9H,1-4,8H2. The summed E-state index contributed by atoms with van der Waals surface area (Å²) >= 11 is 3.69. The van der Waals surface area contributed by atoms with Crippen molar-refractivity contribution in [3.8, 4) is 0 Å². The molecule has 3 heteroatoms. The van der Waals surface area contributed by atoms with E-state index < -0.39 is 0 Å². The van der Waals surface area contributed by atoms with Crippen LogP contribution >= 0.6 is 15.9 Å². The van der Waals surface area contributed by atoms with E-state index in [1.54, 1.807) is 0 Å². The maximum Gasteiger partial charge on any atom is 0.0469 e. The highest BCUT2D eigenvalue weighted by Crippen LogP contribution is 2.63. The van der Waals surface area contributed by atoms with Gasteiger partial charge in [-0.05, 0) is 6.42 Å². The molecule has 0 aromatic carbocycles. The summed E-state index contributed by atoms with van der Waals surface area (Å²) in [4.78, 5) is 0. The minimum Gasteiger partial charge on any atom is -0.330 e. The Balaban J connectivity index is 2.19. The summed E-state index contributed by atoms with van der Waals surface area (Å²) in [6.07, 6.45) is 1.27. The third-order valence-corrected chi connectivity index (χ3v) is 4.11. The summed E-state index contributed by atoms with van der Waals surface area (Å²) in [6, 6.07) is 0. The van der Waals surface area contributed by atoms with Gasteiger partial charge in [-0.1, -0.05) is 15.9 Å². The largest absolute Gasteiger partial charge is 0.330 e. The smallest absolute Gasteiger partial charge is 0.0469 e. The van der Waals surface area contributed by atoms with Crippen molar-refractivity contribution in [3.05, 3.63) is 0 Å². The molecule has 1 heterocycles. The van der Waals surface area contributed by atoms with Crippen molar-refractivity contribution in [2.45, 2.75) is 10.7 Å². The van der Waals surface area contributed by atoms with E-state index in [-0.39, 0.29) is 0 Å². The second-order valence-corrected chi connectivity index (χ2v) is 4.75. The zero-order chi connectivity index (χ0) is 6.54. The number of nitrogens with two attached hydrogens (primary N) is 1. The lowest BCUT2D eigenvalue weighted by atomic mass is 10.1. The zero-order valence-electron chi connectivity index (χ0n) is 5.28. The summed E-state index contributed by atoms with van der Waals surface area (Å²) in [5, 5.41) is 3.33. The highest BCUT2D eigenvalue weighted by Gasteiger charge is 2.67. The Kier molecular flexibility index (Phi) is 1.04. The fourth-order valence-electron chi connectivity index (χ4n) is 1.79. The Labute approximate surface area is 63.3 Å². The van der Waals surface area contributed by atoms with Crippen LogP contribution in [0.15, 0.2) is 0 Å².